The Morgan fingerprint density at radius 1 is 0.962 bits per heavy atom. The minimum Gasteiger partial charge on any atom is -0.353 e. The van der Waals surface area contributed by atoms with E-state index in [2.05, 4.69) is 15.5 Å². The van der Waals surface area contributed by atoms with E-state index in [1.807, 2.05) is 30.3 Å². The van der Waals surface area contributed by atoms with Crippen LogP contribution in [0.4, 0.5) is 5.69 Å². The second-order valence-corrected chi connectivity index (χ2v) is 7.62. The highest BCUT2D eigenvalue weighted by atomic mass is 16.2. The van der Waals surface area contributed by atoms with Crippen molar-refractivity contribution in [1.29, 1.82) is 0 Å². The van der Waals surface area contributed by atoms with Crippen LogP contribution in [0.2, 0.25) is 0 Å². The van der Waals surface area contributed by atoms with Crippen molar-refractivity contribution in [3.63, 3.8) is 0 Å². The third kappa shape index (κ3) is 5.84. The lowest BCUT2D eigenvalue weighted by atomic mass is 9.95. The number of benzene rings is 1. The monoisotopic (exact) mass is 357 g/mol. The average molecular weight is 357 g/mol. The van der Waals surface area contributed by atoms with Gasteiger partial charge in [0.1, 0.15) is 0 Å². The number of carbonyl (C=O) groups is 2. The number of hydrogen-bond donors (Lipinski definition) is 2. The fraction of sp³-hybridized carbons (Fsp3) is 0.619. The maximum Gasteiger partial charge on any atom is 0.227 e. The molecule has 0 aromatic heterocycles. The van der Waals surface area contributed by atoms with E-state index in [0.29, 0.717) is 12.5 Å². The number of amides is 2. The number of para-hydroxylation sites is 1. The first-order valence-corrected chi connectivity index (χ1v) is 10.1. The summed E-state index contributed by atoms with van der Waals surface area (Å²) >= 11 is 0. The second-order valence-electron chi connectivity index (χ2n) is 7.62. The van der Waals surface area contributed by atoms with Gasteiger partial charge < -0.3 is 15.5 Å². The van der Waals surface area contributed by atoms with Gasteiger partial charge in [0.25, 0.3) is 0 Å². The zero-order chi connectivity index (χ0) is 18.2. The molecule has 5 heteroatoms. The summed E-state index contributed by atoms with van der Waals surface area (Å²) in [5.74, 6) is 0.370. The Hall–Kier alpha value is -1.88. The molecule has 0 atom stereocenters. The largest absolute Gasteiger partial charge is 0.353 e. The molecule has 142 valence electrons. The summed E-state index contributed by atoms with van der Waals surface area (Å²) in [7, 11) is 0. The van der Waals surface area contributed by atoms with Gasteiger partial charge in [-0.3, -0.25) is 9.59 Å². The molecule has 1 aliphatic heterocycles. The highest BCUT2D eigenvalue weighted by Gasteiger charge is 2.25. The van der Waals surface area contributed by atoms with Crippen LogP contribution in [0.3, 0.4) is 0 Å². The van der Waals surface area contributed by atoms with E-state index in [1.54, 1.807) is 0 Å². The SMILES string of the molecule is O=C(CCN1CCC(C(=O)Nc2ccccc2)CC1)NC1CCCCC1. The van der Waals surface area contributed by atoms with Gasteiger partial charge in [0.15, 0.2) is 0 Å². The van der Waals surface area contributed by atoms with Crippen molar-refractivity contribution in [1.82, 2.24) is 10.2 Å². The van der Waals surface area contributed by atoms with Gasteiger partial charge in [0, 0.05) is 30.6 Å². The van der Waals surface area contributed by atoms with Gasteiger partial charge in [-0.2, -0.15) is 0 Å². The van der Waals surface area contributed by atoms with Crippen molar-refractivity contribution in [3.8, 4) is 0 Å². The molecular formula is C21H31N3O2. The highest BCUT2D eigenvalue weighted by molar-refractivity contribution is 5.92. The van der Waals surface area contributed by atoms with Crippen molar-refractivity contribution in [2.24, 2.45) is 5.92 Å². The summed E-state index contributed by atoms with van der Waals surface area (Å²) in [6.45, 7) is 2.58. The Balaban J connectivity index is 1.33. The number of piperidine rings is 1. The van der Waals surface area contributed by atoms with Crippen LogP contribution in [0, 0.1) is 5.92 Å². The van der Waals surface area contributed by atoms with Crippen LogP contribution >= 0.6 is 0 Å². The predicted octanol–water partition coefficient (Wildman–Crippen LogP) is 3.18. The molecule has 26 heavy (non-hydrogen) atoms. The zero-order valence-corrected chi connectivity index (χ0v) is 15.6. The lowest BCUT2D eigenvalue weighted by Crippen LogP contribution is -2.41. The fourth-order valence-corrected chi connectivity index (χ4v) is 3.99. The van der Waals surface area contributed by atoms with Crippen molar-refractivity contribution >= 4 is 17.5 Å². The number of rotatable bonds is 6. The molecule has 2 aliphatic rings. The molecule has 1 aliphatic carbocycles. The molecule has 0 bridgehead atoms. The lowest BCUT2D eigenvalue weighted by Gasteiger charge is -2.31. The molecule has 1 heterocycles. The molecule has 1 saturated heterocycles. The Kier molecular flexibility index (Phi) is 7.06. The van der Waals surface area contributed by atoms with Crippen LogP contribution in [0.15, 0.2) is 30.3 Å². The van der Waals surface area contributed by atoms with Gasteiger partial charge in [0.05, 0.1) is 0 Å². The molecule has 2 amide bonds. The van der Waals surface area contributed by atoms with E-state index in [0.717, 1.165) is 51.0 Å². The molecule has 1 aromatic carbocycles. The molecule has 2 fully saturated rings. The van der Waals surface area contributed by atoms with Crippen LogP contribution < -0.4 is 10.6 Å². The van der Waals surface area contributed by atoms with Crippen LogP contribution in [-0.2, 0) is 9.59 Å². The summed E-state index contributed by atoms with van der Waals surface area (Å²) in [5, 5.41) is 6.18. The Morgan fingerprint density at radius 3 is 2.35 bits per heavy atom. The summed E-state index contributed by atoms with van der Waals surface area (Å²) in [4.78, 5) is 26.8. The van der Waals surface area contributed by atoms with E-state index < -0.39 is 0 Å². The minimum atomic E-state index is 0.0718. The first-order valence-electron chi connectivity index (χ1n) is 10.1. The Bertz CT molecular complexity index is 576. The van der Waals surface area contributed by atoms with Crippen LogP contribution in [-0.4, -0.2) is 42.4 Å². The third-order valence-corrected chi connectivity index (χ3v) is 5.63. The lowest BCUT2D eigenvalue weighted by molar-refractivity contribution is -0.123. The molecule has 5 nitrogen and oxygen atoms in total. The number of nitrogens with one attached hydrogen (secondary N) is 2. The Morgan fingerprint density at radius 2 is 1.65 bits per heavy atom. The minimum absolute atomic E-state index is 0.0718. The first-order chi connectivity index (χ1) is 12.7. The van der Waals surface area contributed by atoms with Gasteiger partial charge >= 0.3 is 0 Å². The van der Waals surface area contributed by atoms with Gasteiger partial charge in [-0.15, -0.1) is 0 Å². The van der Waals surface area contributed by atoms with Crippen LogP contribution in [0.5, 0.6) is 0 Å². The summed E-state index contributed by atoms with van der Waals surface area (Å²) in [5.41, 5.74) is 0.860. The van der Waals surface area contributed by atoms with E-state index in [9.17, 15) is 9.59 Å². The van der Waals surface area contributed by atoms with E-state index in [1.165, 1.54) is 19.3 Å². The molecule has 3 rings (SSSR count). The number of anilines is 1. The van der Waals surface area contributed by atoms with Gasteiger partial charge in [0.2, 0.25) is 11.8 Å². The fourth-order valence-electron chi connectivity index (χ4n) is 3.99. The maximum atomic E-state index is 12.4. The van der Waals surface area contributed by atoms with E-state index in [4.69, 9.17) is 0 Å². The Labute approximate surface area is 156 Å². The maximum absolute atomic E-state index is 12.4. The molecule has 0 unspecified atom stereocenters. The third-order valence-electron chi connectivity index (χ3n) is 5.63. The van der Waals surface area contributed by atoms with Crippen molar-refractivity contribution in [3.05, 3.63) is 30.3 Å². The van der Waals surface area contributed by atoms with Crippen LogP contribution in [0.1, 0.15) is 51.4 Å². The number of likely N-dealkylation sites (tertiary alicyclic amines) is 1. The van der Waals surface area contributed by atoms with Gasteiger partial charge in [-0.05, 0) is 50.9 Å². The molecule has 0 spiro atoms. The number of nitrogens with zero attached hydrogens (tertiary/aromatic N) is 1. The zero-order valence-electron chi connectivity index (χ0n) is 15.6. The quantitative estimate of drug-likeness (QED) is 0.822. The summed E-state index contributed by atoms with van der Waals surface area (Å²) in [6.07, 6.45) is 8.34. The first kappa shape index (κ1) is 18.9. The van der Waals surface area contributed by atoms with E-state index >= 15 is 0 Å². The normalized spacial score (nSPS) is 19.8. The second kappa shape index (κ2) is 9.72. The standard InChI is InChI=1S/C21H31N3O2/c25-20(22-18-7-3-1-4-8-18)13-16-24-14-11-17(12-15-24)21(26)23-19-9-5-2-6-10-19/h2,5-6,9-10,17-18H,1,3-4,7-8,11-16H2,(H,22,25)(H,23,26). The number of hydrogen-bond acceptors (Lipinski definition) is 3. The molecule has 0 radical (unpaired) electrons. The average Bonchev–Trinajstić information content (AvgIpc) is 2.68. The predicted molar refractivity (Wildman–Crippen MR) is 104 cm³/mol. The smallest absolute Gasteiger partial charge is 0.227 e. The highest BCUT2D eigenvalue weighted by Crippen LogP contribution is 2.20. The molecule has 1 aromatic rings. The number of carbonyl (C=O) groups excluding carboxylic acids is 2. The van der Waals surface area contributed by atoms with Gasteiger partial charge in [-0.1, -0.05) is 37.5 Å². The summed E-state index contributed by atoms with van der Waals surface area (Å²) in [6, 6.07) is 10.0. The van der Waals surface area contributed by atoms with E-state index in [-0.39, 0.29) is 17.7 Å². The summed E-state index contributed by atoms with van der Waals surface area (Å²) < 4.78 is 0. The van der Waals surface area contributed by atoms with Crippen molar-refractivity contribution in [2.75, 3.05) is 25.0 Å². The molecular weight excluding hydrogens is 326 g/mol. The topological polar surface area (TPSA) is 61.4 Å². The van der Waals surface area contributed by atoms with Crippen LogP contribution in [0.25, 0.3) is 0 Å². The van der Waals surface area contributed by atoms with Crippen molar-refractivity contribution in [2.45, 2.75) is 57.4 Å². The van der Waals surface area contributed by atoms with Crippen molar-refractivity contribution < 1.29 is 9.59 Å². The molecule has 1 saturated carbocycles. The van der Waals surface area contributed by atoms with Gasteiger partial charge in [-0.25, -0.2) is 0 Å². The molecule has 2 N–H and O–H groups in total.